The molecule has 4 nitrogen and oxygen atoms in total. The summed E-state index contributed by atoms with van der Waals surface area (Å²) in [6.45, 7) is 3.91. The fourth-order valence-corrected chi connectivity index (χ4v) is 2.13. The van der Waals surface area contributed by atoms with Crippen molar-refractivity contribution in [2.24, 2.45) is 0 Å². The minimum atomic E-state index is 0.689. The molecule has 17 heavy (non-hydrogen) atoms. The van der Waals surface area contributed by atoms with Crippen LogP contribution in [0.15, 0.2) is 18.2 Å². The third kappa shape index (κ3) is 2.34. The number of methoxy groups -OCH3 is 1. The Balaban J connectivity index is 2.33. The van der Waals surface area contributed by atoms with Crippen LogP contribution in [-0.4, -0.2) is 45.2 Å². The third-order valence-corrected chi connectivity index (χ3v) is 3.16. The van der Waals surface area contributed by atoms with Crippen molar-refractivity contribution in [1.29, 1.82) is 5.26 Å². The van der Waals surface area contributed by atoms with Gasteiger partial charge in [-0.05, 0) is 19.2 Å². The van der Waals surface area contributed by atoms with E-state index in [1.54, 1.807) is 7.11 Å². The molecular weight excluding hydrogens is 214 g/mol. The first-order valence-corrected chi connectivity index (χ1v) is 5.77. The number of piperazine rings is 1. The van der Waals surface area contributed by atoms with Crippen molar-refractivity contribution in [3.05, 3.63) is 23.8 Å². The molecule has 0 aromatic heterocycles. The Morgan fingerprint density at radius 1 is 1.24 bits per heavy atom. The maximum atomic E-state index is 9.18. The summed E-state index contributed by atoms with van der Waals surface area (Å²) in [5, 5.41) is 9.18. The second-order valence-corrected chi connectivity index (χ2v) is 4.26. The van der Waals surface area contributed by atoms with Gasteiger partial charge in [0.15, 0.2) is 0 Å². The predicted octanol–water partition coefficient (Wildman–Crippen LogP) is 1.32. The van der Waals surface area contributed by atoms with Crippen molar-refractivity contribution in [1.82, 2.24) is 4.90 Å². The van der Waals surface area contributed by atoms with E-state index >= 15 is 0 Å². The first kappa shape index (κ1) is 11.7. The van der Waals surface area contributed by atoms with Crippen LogP contribution < -0.4 is 9.64 Å². The van der Waals surface area contributed by atoms with Crippen molar-refractivity contribution in [3.8, 4) is 11.8 Å². The number of hydrogen-bond acceptors (Lipinski definition) is 4. The number of benzene rings is 1. The van der Waals surface area contributed by atoms with E-state index in [1.165, 1.54) is 0 Å². The molecule has 1 aliphatic rings. The number of likely N-dealkylation sites (N-methyl/N-ethyl adjacent to an activating group) is 1. The number of nitrogens with zero attached hydrogens (tertiary/aromatic N) is 3. The van der Waals surface area contributed by atoms with Gasteiger partial charge in [-0.2, -0.15) is 5.26 Å². The molecule has 1 fully saturated rings. The Kier molecular flexibility index (Phi) is 3.50. The van der Waals surface area contributed by atoms with Gasteiger partial charge in [-0.1, -0.05) is 6.07 Å². The molecule has 0 bridgehead atoms. The zero-order chi connectivity index (χ0) is 12.3. The quantitative estimate of drug-likeness (QED) is 0.769. The molecule has 0 unspecified atom stereocenters. The summed E-state index contributed by atoms with van der Waals surface area (Å²) in [6, 6.07) is 7.86. The molecular formula is C13H17N3O. The van der Waals surface area contributed by atoms with Gasteiger partial charge in [0.05, 0.1) is 18.4 Å². The molecule has 0 atom stereocenters. The van der Waals surface area contributed by atoms with Crippen LogP contribution in [0.1, 0.15) is 5.56 Å². The van der Waals surface area contributed by atoms with Crippen LogP contribution in [0.5, 0.6) is 5.75 Å². The van der Waals surface area contributed by atoms with Crippen LogP contribution in [0, 0.1) is 11.3 Å². The fourth-order valence-electron chi connectivity index (χ4n) is 2.13. The molecule has 1 aliphatic heterocycles. The molecule has 2 rings (SSSR count). The number of rotatable bonds is 2. The van der Waals surface area contributed by atoms with E-state index < -0.39 is 0 Å². The molecule has 1 aromatic carbocycles. The highest BCUT2D eigenvalue weighted by Crippen LogP contribution is 2.32. The van der Waals surface area contributed by atoms with E-state index in [9.17, 15) is 5.26 Å². The highest BCUT2D eigenvalue weighted by Gasteiger charge is 2.20. The lowest BCUT2D eigenvalue weighted by Crippen LogP contribution is -2.44. The second kappa shape index (κ2) is 5.07. The van der Waals surface area contributed by atoms with Crippen molar-refractivity contribution in [3.63, 3.8) is 0 Å². The average Bonchev–Trinajstić information content (AvgIpc) is 2.38. The molecule has 90 valence electrons. The first-order chi connectivity index (χ1) is 8.26. The van der Waals surface area contributed by atoms with E-state index in [2.05, 4.69) is 22.9 Å². The van der Waals surface area contributed by atoms with Gasteiger partial charge in [-0.25, -0.2) is 0 Å². The van der Waals surface area contributed by atoms with E-state index in [1.807, 2.05) is 18.2 Å². The number of hydrogen-bond donors (Lipinski definition) is 0. The summed E-state index contributed by atoms with van der Waals surface area (Å²) in [5.41, 5.74) is 1.62. The number of para-hydroxylation sites is 1. The highest BCUT2D eigenvalue weighted by molar-refractivity contribution is 5.68. The lowest BCUT2D eigenvalue weighted by molar-refractivity contribution is 0.311. The Bertz CT molecular complexity index is 431. The van der Waals surface area contributed by atoms with E-state index in [0.717, 1.165) is 37.6 Å². The van der Waals surface area contributed by atoms with Crippen molar-refractivity contribution in [2.75, 3.05) is 45.2 Å². The molecule has 0 radical (unpaired) electrons. The molecule has 0 amide bonds. The molecule has 0 aliphatic carbocycles. The number of anilines is 1. The van der Waals surface area contributed by atoms with Gasteiger partial charge < -0.3 is 14.5 Å². The number of nitriles is 1. The monoisotopic (exact) mass is 231 g/mol. The molecule has 1 heterocycles. The van der Waals surface area contributed by atoms with Gasteiger partial charge in [0.2, 0.25) is 0 Å². The molecule has 4 heteroatoms. The second-order valence-electron chi connectivity index (χ2n) is 4.26. The fraction of sp³-hybridized carbons (Fsp3) is 0.462. The van der Waals surface area contributed by atoms with Crippen molar-refractivity contribution >= 4 is 5.69 Å². The maximum Gasteiger partial charge on any atom is 0.143 e. The molecule has 0 spiro atoms. The van der Waals surface area contributed by atoms with Crippen LogP contribution in [-0.2, 0) is 0 Å². The molecule has 1 saturated heterocycles. The van der Waals surface area contributed by atoms with Crippen molar-refractivity contribution < 1.29 is 4.74 Å². The lowest BCUT2D eigenvalue weighted by atomic mass is 10.1. The van der Waals surface area contributed by atoms with Gasteiger partial charge in [0.1, 0.15) is 11.8 Å². The average molecular weight is 231 g/mol. The van der Waals surface area contributed by atoms with Crippen LogP contribution in [0.25, 0.3) is 0 Å². The lowest BCUT2D eigenvalue weighted by Gasteiger charge is -2.35. The smallest absolute Gasteiger partial charge is 0.143 e. The van der Waals surface area contributed by atoms with Gasteiger partial charge in [-0.15, -0.1) is 0 Å². The number of ether oxygens (including phenoxy) is 1. The summed E-state index contributed by atoms with van der Waals surface area (Å²) in [5.74, 6) is 0.786. The normalized spacial score (nSPS) is 16.6. The molecule has 0 N–H and O–H groups in total. The van der Waals surface area contributed by atoms with Gasteiger partial charge >= 0.3 is 0 Å². The van der Waals surface area contributed by atoms with Crippen LogP contribution in [0.4, 0.5) is 5.69 Å². The summed E-state index contributed by atoms with van der Waals surface area (Å²) < 4.78 is 5.36. The van der Waals surface area contributed by atoms with Gasteiger partial charge in [-0.3, -0.25) is 0 Å². The summed E-state index contributed by atoms with van der Waals surface area (Å²) in [6.07, 6.45) is 0. The SMILES string of the molecule is COc1cccc(C#N)c1N1CCN(C)CC1. The summed E-state index contributed by atoms with van der Waals surface area (Å²) in [7, 11) is 3.76. The van der Waals surface area contributed by atoms with Crippen LogP contribution >= 0.6 is 0 Å². The van der Waals surface area contributed by atoms with Crippen LogP contribution in [0.2, 0.25) is 0 Å². The Hall–Kier alpha value is -1.73. The summed E-state index contributed by atoms with van der Waals surface area (Å²) in [4.78, 5) is 4.52. The van der Waals surface area contributed by atoms with Crippen molar-refractivity contribution in [2.45, 2.75) is 0 Å². The maximum absolute atomic E-state index is 9.18. The van der Waals surface area contributed by atoms with E-state index in [4.69, 9.17) is 4.74 Å². The molecule has 0 saturated carbocycles. The minimum absolute atomic E-state index is 0.689. The standard InChI is InChI=1S/C13H17N3O/c1-15-6-8-16(9-7-15)13-11(10-14)4-3-5-12(13)17-2/h3-5H,6-9H2,1-2H3. The Labute approximate surface area is 102 Å². The topological polar surface area (TPSA) is 39.5 Å². The zero-order valence-electron chi connectivity index (χ0n) is 10.3. The van der Waals surface area contributed by atoms with Gasteiger partial charge in [0, 0.05) is 26.2 Å². The Morgan fingerprint density at radius 2 is 1.94 bits per heavy atom. The Morgan fingerprint density at radius 3 is 2.53 bits per heavy atom. The summed E-state index contributed by atoms with van der Waals surface area (Å²) >= 11 is 0. The zero-order valence-corrected chi connectivity index (χ0v) is 10.3. The third-order valence-electron chi connectivity index (χ3n) is 3.16. The van der Waals surface area contributed by atoms with E-state index in [-0.39, 0.29) is 0 Å². The predicted molar refractivity (Wildman–Crippen MR) is 67.4 cm³/mol. The van der Waals surface area contributed by atoms with E-state index in [0.29, 0.717) is 5.56 Å². The largest absolute Gasteiger partial charge is 0.495 e. The molecule has 1 aromatic rings. The van der Waals surface area contributed by atoms with Crippen LogP contribution in [0.3, 0.4) is 0 Å². The minimum Gasteiger partial charge on any atom is -0.495 e. The first-order valence-electron chi connectivity index (χ1n) is 5.77. The van der Waals surface area contributed by atoms with Gasteiger partial charge in [0.25, 0.3) is 0 Å². The highest BCUT2D eigenvalue weighted by atomic mass is 16.5.